The van der Waals surface area contributed by atoms with Crippen LogP contribution in [-0.4, -0.2) is 75.6 Å². The molecule has 0 saturated carbocycles. The second-order valence-corrected chi connectivity index (χ2v) is 13.3. The molecule has 4 amide bonds. The maximum atomic E-state index is 14.2. The molecule has 0 aliphatic heterocycles. The SMILES string of the molecule is C=CCN(C(=O)[C@H](Cc1cc(F)cc(F)c1)NC(=O)NS(=O)(=O)N[C@@H](Cc1cc(F)cc(F)c1)C(=O)N(CC=C)c1ccc(OC)nc1)c1ccc(OC)nc1.S.S. The molecule has 4 aromatic rings. The third-order valence-corrected chi connectivity index (χ3v) is 8.84. The topological polar surface area (TPSA) is 172 Å². The van der Waals surface area contributed by atoms with E-state index in [2.05, 4.69) is 28.4 Å². The summed E-state index contributed by atoms with van der Waals surface area (Å²) in [6.07, 6.45) is 4.11. The number of nitrogens with one attached hydrogen (secondary N) is 3. The van der Waals surface area contributed by atoms with Gasteiger partial charge in [0.25, 0.3) is 0 Å². The molecule has 0 bridgehead atoms. The molecule has 312 valence electrons. The van der Waals surface area contributed by atoms with Crippen LogP contribution in [0.3, 0.4) is 0 Å². The van der Waals surface area contributed by atoms with E-state index < -0.39 is 76.2 Å². The number of halogens is 4. The van der Waals surface area contributed by atoms with Crippen molar-refractivity contribution in [3.05, 3.63) is 133 Å². The number of methoxy groups -OCH3 is 2. The molecule has 2 aromatic carbocycles. The van der Waals surface area contributed by atoms with Crippen molar-refractivity contribution in [1.29, 1.82) is 0 Å². The normalized spacial score (nSPS) is 11.7. The van der Waals surface area contributed by atoms with E-state index in [1.54, 1.807) is 4.72 Å². The molecule has 0 spiro atoms. The van der Waals surface area contributed by atoms with Gasteiger partial charge in [-0.15, -0.1) is 13.2 Å². The summed E-state index contributed by atoms with van der Waals surface area (Å²) in [5, 5.41) is 2.23. The Morgan fingerprint density at radius 2 is 1.10 bits per heavy atom. The number of hydrogen-bond acceptors (Lipinski definition) is 9. The fourth-order valence-electron chi connectivity index (χ4n) is 5.42. The molecule has 4 rings (SSSR count). The van der Waals surface area contributed by atoms with Crippen molar-refractivity contribution in [2.45, 2.75) is 24.9 Å². The zero-order valence-corrected chi connectivity index (χ0v) is 33.9. The zero-order valence-electron chi connectivity index (χ0n) is 31.0. The van der Waals surface area contributed by atoms with Crippen molar-refractivity contribution in [1.82, 2.24) is 24.7 Å². The van der Waals surface area contributed by atoms with Gasteiger partial charge in [0, 0.05) is 43.8 Å². The summed E-state index contributed by atoms with van der Waals surface area (Å²) >= 11 is 0. The second kappa shape index (κ2) is 22.3. The molecule has 2 heterocycles. The number of aromatic nitrogens is 2. The summed E-state index contributed by atoms with van der Waals surface area (Å²) in [7, 11) is -2.30. The zero-order chi connectivity index (χ0) is 41.0. The quantitative estimate of drug-likeness (QED) is 0.0971. The maximum absolute atomic E-state index is 14.2. The van der Waals surface area contributed by atoms with Crippen LogP contribution < -0.4 is 34.0 Å². The number of ether oxygens (including phenoxy) is 2. The first-order valence-electron chi connectivity index (χ1n) is 16.5. The van der Waals surface area contributed by atoms with E-state index in [1.807, 2.05) is 4.72 Å². The molecule has 0 saturated heterocycles. The van der Waals surface area contributed by atoms with Gasteiger partial charge in [0.05, 0.1) is 38.0 Å². The minimum Gasteiger partial charge on any atom is -0.481 e. The van der Waals surface area contributed by atoms with Gasteiger partial charge in [-0.3, -0.25) is 9.59 Å². The van der Waals surface area contributed by atoms with E-state index in [0.717, 1.165) is 34.1 Å². The van der Waals surface area contributed by atoms with Crippen molar-refractivity contribution in [3.63, 3.8) is 0 Å². The molecule has 0 aliphatic carbocycles. The Morgan fingerprint density at radius 3 is 1.47 bits per heavy atom. The van der Waals surface area contributed by atoms with Crippen LogP contribution >= 0.6 is 27.0 Å². The summed E-state index contributed by atoms with van der Waals surface area (Å²) in [4.78, 5) is 51.7. The number of carbonyl (C=O) groups is 3. The fraction of sp³-hybridized carbons (Fsp3) is 0.216. The van der Waals surface area contributed by atoms with Gasteiger partial charge in [-0.25, -0.2) is 37.0 Å². The van der Waals surface area contributed by atoms with Gasteiger partial charge in [0.15, 0.2) is 0 Å². The van der Waals surface area contributed by atoms with E-state index in [1.165, 1.54) is 63.0 Å². The summed E-state index contributed by atoms with van der Waals surface area (Å²) in [5.74, 6) is -5.34. The van der Waals surface area contributed by atoms with E-state index in [4.69, 9.17) is 9.47 Å². The lowest BCUT2D eigenvalue weighted by molar-refractivity contribution is -0.120. The van der Waals surface area contributed by atoms with Crippen LogP contribution in [0, 0.1) is 23.3 Å². The van der Waals surface area contributed by atoms with E-state index in [0.29, 0.717) is 12.1 Å². The van der Waals surface area contributed by atoms with E-state index >= 15 is 0 Å². The molecular weight excluding hydrogens is 827 g/mol. The highest BCUT2D eigenvalue weighted by molar-refractivity contribution is 7.88. The van der Waals surface area contributed by atoms with Crippen LogP contribution in [0.5, 0.6) is 11.8 Å². The van der Waals surface area contributed by atoms with Crippen LogP contribution in [0.1, 0.15) is 11.1 Å². The molecule has 2 aromatic heterocycles. The first kappa shape index (κ1) is 48.5. The lowest BCUT2D eigenvalue weighted by Gasteiger charge is -2.28. The highest BCUT2D eigenvalue weighted by Crippen LogP contribution is 2.21. The monoisotopic (exact) mass is 867 g/mol. The second-order valence-electron chi connectivity index (χ2n) is 11.9. The van der Waals surface area contributed by atoms with Crippen molar-refractivity contribution < 1.29 is 49.8 Å². The summed E-state index contributed by atoms with van der Waals surface area (Å²) < 4.78 is 97.6. The van der Waals surface area contributed by atoms with Gasteiger partial charge in [-0.05, 0) is 53.9 Å². The third kappa shape index (κ3) is 13.8. The van der Waals surface area contributed by atoms with Crippen molar-refractivity contribution in [3.8, 4) is 11.8 Å². The van der Waals surface area contributed by atoms with Gasteiger partial charge in [-0.1, -0.05) is 12.2 Å². The van der Waals surface area contributed by atoms with Crippen LogP contribution in [0.2, 0.25) is 0 Å². The van der Waals surface area contributed by atoms with Gasteiger partial charge in [0.1, 0.15) is 35.4 Å². The van der Waals surface area contributed by atoms with Crippen molar-refractivity contribution in [2.75, 3.05) is 37.1 Å². The number of nitrogens with zero attached hydrogens (tertiary/aromatic N) is 4. The number of carbonyl (C=O) groups excluding carboxylic acids is 3. The molecular formula is C37H41F4N7O7S3. The lowest BCUT2D eigenvalue weighted by Crippen LogP contribution is -2.57. The predicted octanol–water partition coefficient (Wildman–Crippen LogP) is 4.37. The first-order valence-corrected chi connectivity index (χ1v) is 18.0. The lowest BCUT2D eigenvalue weighted by atomic mass is 10.0. The minimum atomic E-state index is -5.05. The summed E-state index contributed by atoms with van der Waals surface area (Å²) in [6, 6.07) is 5.66. The highest BCUT2D eigenvalue weighted by atomic mass is 32.2. The number of hydrogen-bond donors (Lipinski definition) is 3. The number of amides is 4. The Labute approximate surface area is 346 Å². The largest absolute Gasteiger partial charge is 0.481 e. The Morgan fingerprint density at radius 1 is 0.707 bits per heavy atom. The highest BCUT2D eigenvalue weighted by Gasteiger charge is 2.33. The number of anilines is 2. The van der Waals surface area contributed by atoms with Gasteiger partial charge >= 0.3 is 16.2 Å². The van der Waals surface area contributed by atoms with Crippen LogP contribution in [0.15, 0.2) is 98.4 Å². The van der Waals surface area contributed by atoms with E-state index in [9.17, 15) is 40.4 Å². The van der Waals surface area contributed by atoms with Crippen LogP contribution in [0.25, 0.3) is 0 Å². The molecule has 0 radical (unpaired) electrons. The Hall–Kier alpha value is -5.64. The Kier molecular flexibility index (Phi) is 18.7. The summed E-state index contributed by atoms with van der Waals surface area (Å²) in [5.41, 5.74) is 0.177. The number of urea groups is 1. The molecule has 58 heavy (non-hydrogen) atoms. The minimum absolute atomic E-state index is 0. The number of rotatable bonds is 18. The van der Waals surface area contributed by atoms with E-state index in [-0.39, 0.29) is 74.3 Å². The van der Waals surface area contributed by atoms with Crippen LogP contribution in [0.4, 0.5) is 33.7 Å². The Bertz CT molecular complexity index is 2130. The molecule has 3 N–H and O–H groups in total. The average Bonchev–Trinajstić information content (AvgIpc) is 3.14. The predicted molar refractivity (Wildman–Crippen MR) is 219 cm³/mol. The molecule has 0 aliphatic rings. The molecule has 21 heteroatoms. The van der Waals surface area contributed by atoms with Crippen molar-refractivity contribution in [2.24, 2.45) is 0 Å². The first-order chi connectivity index (χ1) is 26.6. The van der Waals surface area contributed by atoms with Crippen LogP contribution in [-0.2, 0) is 32.6 Å². The molecule has 14 nitrogen and oxygen atoms in total. The third-order valence-electron chi connectivity index (χ3n) is 7.79. The van der Waals surface area contributed by atoms with Gasteiger partial charge < -0.3 is 24.6 Å². The molecule has 0 unspecified atom stereocenters. The molecule has 2 atom stereocenters. The van der Waals surface area contributed by atoms with Crippen molar-refractivity contribution >= 4 is 66.4 Å². The Balaban J connectivity index is 0.00000580. The van der Waals surface area contributed by atoms with Gasteiger partial charge in [-0.2, -0.15) is 40.1 Å². The number of pyridine rings is 2. The van der Waals surface area contributed by atoms with Gasteiger partial charge in [0.2, 0.25) is 23.6 Å². The fourth-order valence-corrected chi connectivity index (χ4v) is 6.34. The number of benzene rings is 2. The standard InChI is InChI=1S/C37H37F4N7O7S.2H2S/c1-5-11-47(29-7-9-33(54-3)42-21-29)35(49)31(17-23-13-25(38)19-26(39)14-23)44-37(51)46-56(52,53)45-32(18-24-15-27(40)20-28(41)16-24)36(50)48(12-6-2)30-8-10-34(55-4)43-22-30;;/h5-10,13-16,19-22,31-32,45H,1-2,11-12,17-18H2,3-4H3,(H2,44,46,51);2*1H2/t31-,32-;;/m0../s1. The average molecular weight is 868 g/mol. The smallest absolute Gasteiger partial charge is 0.330 e. The molecule has 0 fully saturated rings. The maximum Gasteiger partial charge on any atom is 0.330 e. The summed E-state index contributed by atoms with van der Waals surface area (Å²) in [6.45, 7) is 6.95.